The molecule has 9 nitrogen and oxygen atoms in total. The second kappa shape index (κ2) is 10.8. The first kappa shape index (κ1) is 26.5. The van der Waals surface area contributed by atoms with E-state index in [2.05, 4.69) is 30.1 Å². The van der Waals surface area contributed by atoms with Crippen molar-refractivity contribution < 1.29 is 31.1 Å². The fourth-order valence-corrected chi connectivity index (χ4v) is 4.35. The molecule has 4 aromatic rings. The van der Waals surface area contributed by atoms with E-state index in [0.29, 0.717) is 17.5 Å². The second-order valence-corrected chi connectivity index (χ2v) is 9.58. The lowest BCUT2D eigenvalue weighted by molar-refractivity contribution is -0.274. The standard InChI is InChI=1S/C25H22F3N5O4S/c1-16-15-23(30-17-7-9-20(36-2)10-8-17)32-24(29-16)31-18-3-5-19(6-4-18)33-38(34,35)22-13-11-21(12-14-22)37-25(26,27)28/h3-15,33H,1-2H3,(H2,29,30,31,32). The van der Waals surface area contributed by atoms with Crippen LogP contribution < -0.4 is 24.8 Å². The number of aromatic nitrogens is 2. The molecule has 1 aromatic heterocycles. The maximum Gasteiger partial charge on any atom is 0.573 e. The first-order valence-corrected chi connectivity index (χ1v) is 12.5. The molecule has 0 aliphatic carbocycles. The average molecular weight is 546 g/mol. The van der Waals surface area contributed by atoms with Crippen molar-refractivity contribution in [3.63, 3.8) is 0 Å². The zero-order chi connectivity index (χ0) is 27.3. The predicted molar refractivity (Wildman–Crippen MR) is 137 cm³/mol. The maximum atomic E-state index is 12.6. The van der Waals surface area contributed by atoms with Crippen LogP contribution in [0.15, 0.2) is 83.8 Å². The van der Waals surface area contributed by atoms with Gasteiger partial charge in [0, 0.05) is 28.8 Å². The minimum Gasteiger partial charge on any atom is -0.497 e. The van der Waals surface area contributed by atoms with E-state index in [0.717, 1.165) is 41.4 Å². The van der Waals surface area contributed by atoms with E-state index in [1.165, 1.54) is 12.1 Å². The lowest BCUT2D eigenvalue weighted by Gasteiger charge is -2.12. The number of benzene rings is 3. The Kier molecular flexibility index (Phi) is 7.57. The molecule has 1 heterocycles. The minimum atomic E-state index is -4.87. The van der Waals surface area contributed by atoms with Gasteiger partial charge in [-0.15, -0.1) is 13.2 Å². The first-order chi connectivity index (χ1) is 18.0. The highest BCUT2D eigenvalue weighted by atomic mass is 32.2. The summed E-state index contributed by atoms with van der Waals surface area (Å²) in [6.45, 7) is 1.83. The summed E-state index contributed by atoms with van der Waals surface area (Å²) < 4.78 is 73.5. The Morgan fingerprint density at radius 1 is 0.763 bits per heavy atom. The number of nitrogens with zero attached hydrogens (tertiary/aromatic N) is 2. The van der Waals surface area contributed by atoms with Crippen LogP contribution in [-0.4, -0.2) is 31.9 Å². The van der Waals surface area contributed by atoms with Crippen molar-refractivity contribution in [3.05, 3.63) is 84.6 Å². The fraction of sp³-hybridized carbons (Fsp3) is 0.120. The monoisotopic (exact) mass is 545 g/mol. The molecule has 0 atom stereocenters. The van der Waals surface area contributed by atoms with E-state index in [-0.39, 0.29) is 10.6 Å². The number of hydrogen-bond donors (Lipinski definition) is 3. The number of sulfonamides is 1. The molecule has 0 radical (unpaired) electrons. The molecule has 0 unspecified atom stereocenters. The molecule has 13 heteroatoms. The molecule has 0 fully saturated rings. The number of rotatable bonds is 9. The summed E-state index contributed by atoms with van der Waals surface area (Å²) in [7, 11) is -2.45. The lowest BCUT2D eigenvalue weighted by atomic mass is 10.3. The summed E-state index contributed by atoms with van der Waals surface area (Å²) >= 11 is 0. The van der Waals surface area contributed by atoms with Gasteiger partial charge >= 0.3 is 6.36 Å². The van der Waals surface area contributed by atoms with Gasteiger partial charge in [-0.25, -0.2) is 13.4 Å². The van der Waals surface area contributed by atoms with Gasteiger partial charge in [-0.2, -0.15) is 4.98 Å². The van der Waals surface area contributed by atoms with Gasteiger partial charge < -0.3 is 20.1 Å². The van der Waals surface area contributed by atoms with Crippen molar-refractivity contribution >= 4 is 38.9 Å². The molecule has 0 saturated carbocycles. The number of halogens is 3. The third-order valence-corrected chi connectivity index (χ3v) is 6.37. The van der Waals surface area contributed by atoms with Crippen LogP contribution in [0.2, 0.25) is 0 Å². The van der Waals surface area contributed by atoms with Crippen molar-refractivity contribution in [3.8, 4) is 11.5 Å². The maximum absolute atomic E-state index is 12.6. The van der Waals surface area contributed by atoms with E-state index in [1.807, 2.05) is 31.2 Å². The van der Waals surface area contributed by atoms with Gasteiger partial charge in [-0.1, -0.05) is 0 Å². The Labute approximate surface area is 216 Å². The molecule has 0 amide bonds. The summed E-state index contributed by atoms with van der Waals surface area (Å²) in [5.41, 5.74) is 2.38. The molecule has 0 aliphatic heterocycles. The summed E-state index contributed by atoms with van der Waals surface area (Å²) in [4.78, 5) is 8.61. The summed E-state index contributed by atoms with van der Waals surface area (Å²) in [5, 5.41) is 6.27. The molecule has 3 N–H and O–H groups in total. The number of anilines is 5. The SMILES string of the molecule is COc1ccc(Nc2cc(C)nc(Nc3ccc(NS(=O)(=O)c4ccc(OC(F)(F)F)cc4)cc3)n2)cc1. The quantitative estimate of drug-likeness (QED) is 0.235. The van der Waals surface area contributed by atoms with Crippen molar-refractivity contribution in [2.24, 2.45) is 0 Å². The van der Waals surface area contributed by atoms with Crippen molar-refractivity contribution in [1.29, 1.82) is 0 Å². The third kappa shape index (κ3) is 7.26. The highest BCUT2D eigenvalue weighted by molar-refractivity contribution is 7.92. The average Bonchev–Trinajstić information content (AvgIpc) is 2.84. The van der Waals surface area contributed by atoms with Gasteiger partial charge in [0.05, 0.1) is 12.0 Å². The molecule has 0 aliphatic rings. The van der Waals surface area contributed by atoms with Gasteiger partial charge in [0.15, 0.2) is 0 Å². The molecule has 0 saturated heterocycles. The summed E-state index contributed by atoms with van der Waals surface area (Å²) in [6.07, 6.45) is -4.87. The summed E-state index contributed by atoms with van der Waals surface area (Å²) in [6, 6.07) is 19.3. The Morgan fingerprint density at radius 2 is 1.32 bits per heavy atom. The first-order valence-electron chi connectivity index (χ1n) is 11.0. The third-order valence-electron chi connectivity index (χ3n) is 4.98. The summed E-state index contributed by atoms with van der Waals surface area (Å²) in [5.74, 6) is 1.11. The van der Waals surface area contributed by atoms with Crippen LogP contribution in [0.4, 0.5) is 42.0 Å². The van der Waals surface area contributed by atoms with Gasteiger partial charge in [-0.3, -0.25) is 4.72 Å². The van der Waals surface area contributed by atoms with Gasteiger partial charge in [0.1, 0.15) is 17.3 Å². The van der Waals surface area contributed by atoms with E-state index in [4.69, 9.17) is 4.74 Å². The van der Waals surface area contributed by atoms with E-state index >= 15 is 0 Å². The van der Waals surface area contributed by atoms with Crippen molar-refractivity contribution in [1.82, 2.24) is 9.97 Å². The van der Waals surface area contributed by atoms with Crippen molar-refractivity contribution in [2.75, 3.05) is 22.5 Å². The topological polar surface area (TPSA) is 114 Å². The van der Waals surface area contributed by atoms with E-state index in [1.54, 1.807) is 25.3 Å². The molecular formula is C25H22F3N5O4S. The van der Waals surface area contributed by atoms with Crippen LogP contribution in [0.25, 0.3) is 0 Å². The number of ether oxygens (including phenoxy) is 2. The fourth-order valence-electron chi connectivity index (χ4n) is 3.30. The zero-order valence-corrected chi connectivity index (χ0v) is 20.9. The lowest BCUT2D eigenvalue weighted by Crippen LogP contribution is -2.17. The number of aryl methyl sites for hydroxylation is 1. The van der Waals surface area contributed by atoms with Crippen LogP contribution in [0.1, 0.15) is 5.69 Å². The highest BCUT2D eigenvalue weighted by Crippen LogP contribution is 2.26. The van der Waals surface area contributed by atoms with Crippen LogP contribution >= 0.6 is 0 Å². The molecule has 4 rings (SSSR count). The molecule has 0 spiro atoms. The molecule has 0 bridgehead atoms. The van der Waals surface area contributed by atoms with Crippen LogP contribution in [0.5, 0.6) is 11.5 Å². The smallest absolute Gasteiger partial charge is 0.497 e. The van der Waals surface area contributed by atoms with Crippen LogP contribution in [0, 0.1) is 6.92 Å². The number of alkyl halides is 3. The Hall–Kier alpha value is -4.52. The Bertz CT molecular complexity index is 1500. The largest absolute Gasteiger partial charge is 0.573 e. The Balaban J connectivity index is 1.41. The highest BCUT2D eigenvalue weighted by Gasteiger charge is 2.31. The molecule has 198 valence electrons. The number of hydrogen-bond acceptors (Lipinski definition) is 8. The predicted octanol–water partition coefficient (Wildman–Crippen LogP) is 5.98. The molecule has 3 aromatic carbocycles. The second-order valence-electron chi connectivity index (χ2n) is 7.90. The number of methoxy groups -OCH3 is 1. The number of nitrogens with one attached hydrogen (secondary N) is 3. The van der Waals surface area contributed by atoms with Crippen LogP contribution in [0.3, 0.4) is 0 Å². The normalized spacial score (nSPS) is 11.5. The van der Waals surface area contributed by atoms with Crippen LogP contribution in [-0.2, 0) is 10.0 Å². The van der Waals surface area contributed by atoms with Gasteiger partial charge in [-0.05, 0) is 79.7 Å². The van der Waals surface area contributed by atoms with Gasteiger partial charge in [0.2, 0.25) is 5.95 Å². The molecule has 38 heavy (non-hydrogen) atoms. The molecular weight excluding hydrogens is 523 g/mol. The Morgan fingerprint density at radius 3 is 1.92 bits per heavy atom. The van der Waals surface area contributed by atoms with Crippen molar-refractivity contribution in [2.45, 2.75) is 18.2 Å². The van der Waals surface area contributed by atoms with Gasteiger partial charge in [0.25, 0.3) is 10.0 Å². The van der Waals surface area contributed by atoms with E-state index in [9.17, 15) is 21.6 Å². The minimum absolute atomic E-state index is 0.223. The van der Waals surface area contributed by atoms with E-state index < -0.39 is 22.1 Å². The zero-order valence-electron chi connectivity index (χ0n) is 20.1.